The van der Waals surface area contributed by atoms with E-state index in [0.29, 0.717) is 15.3 Å². The molecule has 0 spiro atoms. The lowest BCUT2D eigenvalue weighted by Crippen LogP contribution is -2.36. The van der Waals surface area contributed by atoms with Crippen LogP contribution in [0.4, 0.5) is 4.39 Å². The van der Waals surface area contributed by atoms with E-state index in [1.807, 2.05) is 0 Å². The molecule has 148 valence electrons. The van der Waals surface area contributed by atoms with Gasteiger partial charge in [0.25, 0.3) is 5.89 Å². The van der Waals surface area contributed by atoms with E-state index in [1.54, 1.807) is 25.1 Å². The lowest BCUT2D eigenvalue weighted by atomic mass is 9.96. The van der Waals surface area contributed by atoms with Crippen LogP contribution in [0.25, 0.3) is 22.2 Å². The molecule has 3 aromatic rings. The van der Waals surface area contributed by atoms with Crippen LogP contribution in [0, 0.1) is 12.7 Å². The average Bonchev–Trinajstić information content (AvgIpc) is 3.29. The minimum absolute atomic E-state index is 0.00974. The van der Waals surface area contributed by atoms with E-state index in [-0.39, 0.29) is 22.7 Å². The van der Waals surface area contributed by atoms with E-state index < -0.39 is 15.8 Å². The highest BCUT2D eigenvalue weighted by Gasteiger charge is 2.26. The van der Waals surface area contributed by atoms with Gasteiger partial charge in [0, 0.05) is 16.5 Å². The fourth-order valence-electron chi connectivity index (χ4n) is 3.41. The summed E-state index contributed by atoms with van der Waals surface area (Å²) < 4.78 is 47.2. The summed E-state index contributed by atoms with van der Waals surface area (Å²) in [6, 6.07) is 7.46. The van der Waals surface area contributed by atoms with Crippen LogP contribution in [-0.2, 0) is 10.0 Å². The summed E-state index contributed by atoms with van der Waals surface area (Å²) >= 11 is 1.28. The third-order valence-electron chi connectivity index (χ3n) is 4.81. The smallest absolute Gasteiger partial charge is 0.268 e. The summed E-state index contributed by atoms with van der Waals surface area (Å²) in [6.07, 6.45) is 4.99. The summed E-state index contributed by atoms with van der Waals surface area (Å²) in [6.45, 7) is 1.76. The molecular formula is C19H20FN3O3S2. The Hall–Kier alpha value is -2.10. The lowest BCUT2D eigenvalue weighted by molar-refractivity contribution is 0.412. The van der Waals surface area contributed by atoms with E-state index in [1.165, 1.54) is 23.5 Å². The third-order valence-corrected chi connectivity index (χ3v) is 7.62. The Morgan fingerprint density at radius 2 is 2.00 bits per heavy atom. The van der Waals surface area contributed by atoms with Crippen LogP contribution < -0.4 is 4.72 Å². The quantitative estimate of drug-likeness (QED) is 0.654. The second kappa shape index (κ2) is 7.73. The number of benzene rings is 1. The van der Waals surface area contributed by atoms with Crippen molar-refractivity contribution in [2.45, 2.75) is 50.0 Å². The average molecular weight is 422 g/mol. The van der Waals surface area contributed by atoms with Crippen LogP contribution in [0.2, 0.25) is 0 Å². The van der Waals surface area contributed by atoms with Crippen molar-refractivity contribution in [3.8, 4) is 22.2 Å². The summed E-state index contributed by atoms with van der Waals surface area (Å²) in [7, 11) is -3.61. The number of aromatic nitrogens is 2. The van der Waals surface area contributed by atoms with Gasteiger partial charge in [-0.1, -0.05) is 36.6 Å². The van der Waals surface area contributed by atoms with Gasteiger partial charge in [0.05, 0.1) is 9.77 Å². The summed E-state index contributed by atoms with van der Waals surface area (Å²) in [5, 5.41) is 3.89. The molecule has 1 saturated carbocycles. The molecule has 2 heterocycles. The SMILES string of the molecule is Cc1sc(-c2nc(-c3cccc(F)c3)no2)cc1S(=O)(=O)NC1CCCCC1. The first kappa shape index (κ1) is 19.2. The number of thiophene rings is 1. The highest BCUT2D eigenvalue weighted by Crippen LogP contribution is 2.34. The molecule has 1 aromatic carbocycles. The Balaban J connectivity index is 1.59. The zero-order valence-electron chi connectivity index (χ0n) is 15.3. The first-order valence-electron chi connectivity index (χ1n) is 9.15. The van der Waals surface area contributed by atoms with E-state index in [0.717, 1.165) is 32.1 Å². The van der Waals surface area contributed by atoms with Crippen LogP contribution >= 0.6 is 11.3 Å². The first-order valence-corrected chi connectivity index (χ1v) is 11.4. The largest absolute Gasteiger partial charge is 0.333 e. The van der Waals surface area contributed by atoms with E-state index >= 15 is 0 Å². The molecule has 4 rings (SSSR count). The molecular weight excluding hydrogens is 401 g/mol. The predicted molar refractivity (Wildman–Crippen MR) is 105 cm³/mol. The fraction of sp³-hybridized carbons (Fsp3) is 0.368. The molecule has 1 aliphatic carbocycles. The summed E-state index contributed by atoms with van der Waals surface area (Å²) in [4.78, 5) is 5.76. The molecule has 0 amide bonds. The zero-order valence-corrected chi connectivity index (χ0v) is 16.9. The molecule has 9 heteroatoms. The van der Waals surface area contributed by atoms with Crippen molar-refractivity contribution in [2.75, 3.05) is 0 Å². The second-order valence-corrected chi connectivity index (χ2v) is 9.86. The molecule has 0 atom stereocenters. The number of aryl methyl sites for hydroxylation is 1. The van der Waals surface area contributed by atoms with Crippen molar-refractivity contribution in [1.29, 1.82) is 0 Å². The predicted octanol–water partition coefficient (Wildman–Crippen LogP) is 4.52. The number of hydrogen-bond donors (Lipinski definition) is 1. The Labute approximate surface area is 166 Å². The number of nitrogens with zero attached hydrogens (tertiary/aromatic N) is 2. The number of hydrogen-bond acceptors (Lipinski definition) is 6. The molecule has 0 bridgehead atoms. The number of halogens is 1. The molecule has 0 saturated heterocycles. The molecule has 0 aliphatic heterocycles. The number of nitrogens with one attached hydrogen (secondary N) is 1. The minimum atomic E-state index is -3.61. The molecule has 0 unspecified atom stereocenters. The van der Waals surface area contributed by atoms with Crippen LogP contribution in [-0.4, -0.2) is 24.6 Å². The Bertz CT molecular complexity index is 1090. The topological polar surface area (TPSA) is 85.1 Å². The zero-order chi connectivity index (χ0) is 19.7. The first-order chi connectivity index (χ1) is 13.4. The highest BCUT2D eigenvalue weighted by atomic mass is 32.2. The van der Waals surface area contributed by atoms with Gasteiger partial charge in [0.2, 0.25) is 15.8 Å². The van der Waals surface area contributed by atoms with E-state index in [2.05, 4.69) is 14.9 Å². The van der Waals surface area contributed by atoms with Crippen LogP contribution in [0.3, 0.4) is 0 Å². The third kappa shape index (κ3) is 4.01. The normalized spacial score (nSPS) is 15.8. The molecule has 2 aromatic heterocycles. The highest BCUT2D eigenvalue weighted by molar-refractivity contribution is 7.89. The molecule has 6 nitrogen and oxygen atoms in total. The van der Waals surface area contributed by atoms with Gasteiger partial charge in [-0.2, -0.15) is 4.98 Å². The van der Waals surface area contributed by atoms with E-state index in [9.17, 15) is 12.8 Å². The lowest BCUT2D eigenvalue weighted by Gasteiger charge is -2.22. The van der Waals surface area contributed by atoms with Crippen LogP contribution in [0.15, 0.2) is 39.8 Å². The minimum Gasteiger partial charge on any atom is -0.333 e. The Morgan fingerprint density at radius 1 is 1.21 bits per heavy atom. The molecule has 0 radical (unpaired) electrons. The van der Waals surface area contributed by atoms with Gasteiger partial charge in [-0.3, -0.25) is 0 Å². The van der Waals surface area contributed by atoms with Crippen molar-refractivity contribution in [3.63, 3.8) is 0 Å². The summed E-state index contributed by atoms with van der Waals surface area (Å²) in [5.74, 6) is 0.0785. The van der Waals surface area contributed by atoms with Crippen LogP contribution in [0.5, 0.6) is 0 Å². The standard InChI is InChI=1S/C19H20FN3O3S2/c1-12-17(28(24,25)23-15-8-3-2-4-9-15)11-16(27-12)19-21-18(22-26-19)13-6-5-7-14(20)10-13/h5-7,10-11,15,23H,2-4,8-9H2,1H3. The summed E-state index contributed by atoms with van der Waals surface area (Å²) in [5.41, 5.74) is 0.495. The van der Waals surface area contributed by atoms with Gasteiger partial charge < -0.3 is 4.52 Å². The maximum absolute atomic E-state index is 13.4. The van der Waals surface area contributed by atoms with Gasteiger partial charge >= 0.3 is 0 Å². The molecule has 1 N–H and O–H groups in total. The van der Waals surface area contributed by atoms with Gasteiger partial charge in [0.1, 0.15) is 5.82 Å². The monoisotopic (exact) mass is 421 g/mol. The molecule has 1 fully saturated rings. The number of rotatable bonds is 5. The van der Waals surface area contributed by atoms with Crippen LogP contribution in [0.1, 0.15) is 37.0 Å². The van der Waals surface area contributed by atoms with Crippen molar-refractivity contribution < 1.29 is 17.3 Å². The van der Waals surface area contributed by atoms with Crippen molar-refractivity contribution >= 4 is 21.4 Å². The maximum Gasteiger partial charge on any atom is 0.268 e. The van der Waals surface area contributed by atoms with E-state index in [4.69, 9.17) is 4.52 Å². The van der Waals surface area contributed by atoms with Crippen molar-refractivity contribution in [2.24, 2.45) is 0 Å². The van der Waals surface area contributed by atoms with Gasteiger partial charge in [-0.15, -0.1) is 11.3 Å². The Kier molecular flexibility index (Phi) is 5.31. The Morgan fingerprint density at radius 3 is 2.75 bits per heavy atom. The van der Waals surface area contributed by atoms with Crippen molar-refractivity contribution in [1.82, 2.24) is 14.9 Å². The fourth-order valence-corrected chi connectivity index (χ4v) is 6.23. The van der Waals surface area contributed by atoms with Gasteiger partial charge in [-0.05, 0) is 38.0 Å². The van der Waals surface area contributed by atoms with Gasteiger partial charge in [0.15, 0.2) is 0 Å². The molecule has 28 heavy (non-hydrogen) atoms. The number of sulfonamides is 1. The molecule has 1 aliphatic rings. The maximum atomic E-state index is 13.4. The van der Waals surface area contributed by atoms with Gasteiger partial charge in [-0.25, -0.2) is 17.5 Å². The second-order valence-electron chi connectivity index (χ2n) is 6.92. The van der Waals surface area contributed by atoms with Crippen molar-refractivity contribution in [3.05, 3.63) is 41.0 Å².